The number of primary amides is 1. The minimum Gasteiger partial charge on any atom is -0.417 e. The second kappa shape index (κ2) is 8.76. The molecule has 164 valence electrons. The molecule has 2 aromatic carbocycles. The molecule has 6 nitrogen and oxygen atoms in total. The third-order valence-electron chi connectivity index (χ3n) is 6.14. The molecule has 1 atom stereocenters. The second-order valence-electron chi connectivity index (χ2n) is 9.35. The van der Waals surface area contributed by atoms with Gasteiger partial charge in [-0.1, -0.05) is 57.2 Å². The van der Waals surface area contributed by atoms with E-state index in [0.717, 1.165) is 21.8 Å². The number of amides is 2. The van der Waals surface area contributed by atoms with Crippen molar-refractivity contribution in [2.24, 2.45) is 5.73 Å². The number of carbonyl (C=O) groups excluding carboxylic acids is 2. The topological polar surface area (TPSA) is 94.3 Å². The minimum atomic E-state index is -1.96. The van der Waals surface area contributed by atoms with Crippen molar-refractivity contribution >= 4 is 41.9 Å². The second-order valence-corrected chi connectivity index (χ2v) is 14.2. The maximum atomic E-state index is 13.3. The van der Waals surface area contributed by atoms with Gasteiger partial charge in [0.05, 0.1) is 16.6 Å². The predicted octanol–water partition coefficient (Wildman–Crippen LogP) is 4.38. The van der Waals surface area contributed by atoms with E-state index in [9.17, 15) is 9.59 Å². The van der Waals surface area contributed by atoms with Crippen LogP contribution in [-0.4, -0.2) is 37.8 Å². The molecule has 3 rings (SSSR count). The molecule has 2 amide bonds. The van der Waals surface area contributed by atoms with Crippen LogP contribution in [0.1, 0.15) is 37.6 Å². The van der Waals surface area contributed by atoms with Gasteiger partial charge < -0.3 is 15.5 Å². The Kier molecular flexibility index (Phi) is 6.47. The van der Waals surface area contributed by atoms with Gasteiger partial charge in [0.25, 0.3) is 5.91 Å². The summed E-state index contributed by atoms with van der Waals surface area (Å²) in [6, 6.07) is 14.2. The van der Waals surface area contributed by atoms with Crippen molar-refractivity contribution in [1.82, 2.24) is 10.3 Å². The predicted molar refractivity (Wildman–Crippen MR) is 127 cm³/mol. The van der Waals surface area contributed by atoms with E-state index in [-0.39, 0.29) is 10.9 Å². The Morgan fingerprint density at radius 1 is 1.03 bits per heavy atom. The van der Waals surface area contributed by atoms with Crippen LogP contribution in [0.3, 0.4) is 0 Å². The molecular formula is C24H31N3O3Si. The number of nitrogens with one attached hydrogen (secondary N) is 1. The lowest BCUT2D eigenvalue weighted by atomic mass is 10.0. The number of hydrogen-bond acceptors (Lipinski definition) is 4. The normalized spacial score (nSPS) is 13.3. The van der Waals surface area contributed by atoms with Crippen molar-refractivity contribution in [3.8, 4) is 0 Å². The van der Waals surface area contributed by atoms with Gasteiger partial charge in [0, 0.05) is 17.4 Å². The Hall–Kier alpha value is -2.77. The van der Waals surface area contributed by atoms with E-state index in [1.165, 1.54) is 0 Å². The van der Waals surface area contributed by atoms with Crippen molar-refractivity contribution < 1.29 is 14.0 Å². The van der Waals surface area contributed by atoms with E-state index in [2.05, 4.69) is 44.2 Å². The number of para-hydroxylation sites is 2. The van der Waals surface area contributed by atoms with Gasteiger partial charge in [-0.15, -0.1) is 0 Å². The van der Waals surface area contributed by atoms with Gasteiger partial charge in [-0.3, -0.25) is 9.59 Å². The third-order valence-corrected chi connectivity index (χ3v) is 10.7. The Morgan fingerprint density at radius 3 is 2.03 bits per heavy atom. The summed E-state index contributed by atoms with van der Waals surface area (Å²) in [4.78, 5) is 30.1. The van der Waals surface area contributed by atoms with Crippen LogP contribution in [0.2, 0.25) is 18.1 Å². The molecule has 0 aliphatic rings. The summed E-state index contributed by atoms with van der Waals surface area (Å²) in [6.07, 6.45) is 0.328. The summed E-state index contributed by atoms with van der Waals surface area (Å²) in [7, 11) is -1.96. The molecule has 1 heterocycles. The molecule has 31 heavy (non-hydrogen) atoms. The Labute approximate surface area is 184 Å². The zero-order valence-corrected chi connectivity index (χ0v) is 19.9. The number of pyridine rings is 1. The van der Waals surface area contributed by atoms with Gasteiger partial charge in [-0.05, 0) is 36.7 Å². The molecule has 0 radical (unpaired) electrons. The van der Waals surface area contributed by atoms with Crippen LogP contribution >= 0.6 is 0 Å². The highest BCUT2D eigenvalue weighted by molar-refractivity contribution is 6.74. The number of nitrogens with zero attached hydrogens (tertiary/aromatic N) is 1. The van der Waals surface area contributed by atoms with Gasteiger partial charge in [0.1, 0.15) is 6.04 Å². The van der Waals surface area contributed by atoms with Crippen LogP contribution in [-0.2, 0) is 9.22 Å². The van der Waals surface area contributed by atoms with E-state index in [1.54, 1.807) is 0 Å². The molecule has 0 saturated carbocycles. The lowest BCUT2D eigenvalue weighted by molar-refractivity contribution is -0.120. The Balaban J connectivity index is 1.86. The van der Waals surface area contributed by atoms with Crippen molar-refractivity contribution in [2.45, 2.75) is 51.4 Å². The SMILES string of the molecule is CC(C)(C)[Si](C)(C)OCC[C@H](NC(=O)c1c2ccccc2nc2ccccc12)C(N)=O. The monoisotopic (exact) mass is 437 g/mol. The van der Waals surface area contributed by atoms with Crippen LogP contribution in [0.5, 0.6) is 0 Å². The lowest BCUT2D eigenvalue weighted by Gasteiger charge is -2.36. The molecule has 3 aromatic rings. The average molecular weight is 438 g/mol. The first kappa shape index (κ1) is 22.9. The Morgan fingerprint density at radius 2 is 1.55 bits per heavy atom. The van der Waals surface area contributed by atoms with Crippen molar-refractivity contribution in [3.63, 3.8) is 0 Å². The van der Waals surface area contributed by atoms with Gasteiger partial charge >= 0.3 is 0 Å². The fourth-order valence-corrected chi connectivity index (χ4v) is 4.31. The fourth-order valence-electron chi connectivity index (χ4n) is 3.25. The van der Waals surface area contributed by atoms with Crippen LogP contribution in [0.15, 0.2) is 48.5 Å². The highest BCUT2D eigenvalue weighted by atomic mass is 28.4. The van der Waals surface area contributed by atoms with Crippen molar-refractivity contribution in [2.75, 3.05) is 6.61 Å². The molecule has 0 aliphatic heterocycles. The minimum absolute atomic E-state index is 0.0628. The number of nitrogens with two attached hydrogens (primary N) is 1. The summed E-state index contributed by atoms with van der Waals surface area (Å²) >= 11 is 0. The quantitative estimate of drug-likeness (QED) is 0.423. The van der Waals surface area contributed by atoms with Crippen molar-refractivity contribution in [3.05, 3.63) is 54.1 Å². The van der Waals surface area contributed by atoms with Gasteiger partial charge in [0.15, 0.2) is 8.32 Å². The maximum Gasteiger partial charge on any atom is 0.253 e. The van der Waals surface area contributed by atoms with E-state index in [0.29, 0.717) is 18.6 Å². The van der Waals surface area contributed by atoms with E-state index >= 15 is 0 Å². The first-order valence-electron chi connectivity index (χ1n) is 10.5. The molecule has 3 N–H and O–H groups in total. The lowest BCUT2D eigenvalue weighted by Crippen LogP contribution is -2.47. The van der Waals surface area contributed by atoms with Crippen molar-refractivity contribution in [1.29, 1.82) is 0 Å². The summed E-state index contributed by atoms with van der Waals surface area (Å²) in [6.45, 7) is 11.1. The number of benzene rings is 2. The molecule has 0 fully saturated rings. The number of fused-ring (bicyclic) bond motifs is 2. The Bertz CT molecular complexity index is 1070. The van der Waals surface area contributed by atoms with Crippen LogP contribution < -0.4 is 11.1 Å². The largest absolute Gasteiger partial charge is 0.417 e. The van der Waals surface area contributed by atoms with Crippen LogP contribution in [0, 0.1) is 0 Å². The fraction of sp³-hybridized carbons (Fsp3) is 0.375. The first-order valence-corrected chi connectivity index (χ1v) is 13.4. The maximum absolute atomic E-state index is 13.3. The highest BCUT2D eigenvalue weighted by Gasteiger charge is 2.37. The van der Waals surface area contributed by atoms with E-state index in [4.69, 9.17) is 10.2 Å². The van der Waals surface area contributed by atoms with Crippen LogP contribution in [0.4, 0.5) is 0 Å². The number of rotatable bonds is 7. The zero-order valence-electron chi connectivity index (χ0n) is 18.9. The molecule has 0 aliphatic carbocycles. The van der Waals surface area contributed by atoms with E-state index in [1.807, 2.05) is 48.5 Å². The zero-order chi connectivity index (χ0) is 22.8. The number of carbonyl (C=O) groups is 2. The summed E-state index contributed by atoms with van der Waals surface area (Å²) in [5, 5.41) is 4.37. The number of hydrogen-bond donors (Lipinski definition) is 2. The van der Waals surface area contributed by atoms with Gasteiger partial charge in [-0.25, -0.2) is 4.98 Å². The number of aromatic nitrogens is 1. The standard InChI is InChI=1S/C24H31N3O3Si/c1-24(2,3)31(4,5)30-15-14-20(22(25)28)27-23(29)21-16-10-6-8-12-18(16)26-19-13-9-7-11-17(19)21/h6-13,20H,14-15H2,1-5H3,(H2,25,28)(H,27,29)/t20-/m0/s1. The molecule has 7 heteroatoms. The summed E-state index contributed by atoms with van der Waals surface area (Å²) in [5.41, 5.74) is 7.56. The van der Waals surface area contributed by atoms with Gasteiger partial charge in [0.2, 0.25) is 5.91 Å². The third kappa shape index (κ3) is 4.94. The smallest absolute Gasteiger partial charge is 0.253 e. The molecule has 0 unspecified atom stereocenters. The molecule has 1 aromatic heterocycles. The molecular weight excluding hydrogens is 406 g/mol. The molecule has 0 spiro atoms. The summed E-state index contributed by atoms with van der Waals surface area (Å²) in [5.74, 6) is -0.916. The molecule has 0 bridgehead atoms. The summed E-state index contributed by atoms with van der Waals surface area (Å²) < 4.78 is 6.17. The van der Waals surface area contributed by atoms with Gasteiger partial charge in [-0.2, -0.15) is 0 Å². The first-order chi connectivity index (χ1) is 14.5. The molecule has 0 saturated heterocycles. The average Bonchev–Trinajstić information content (AvgIpc) is 2.70. The highest BCUT2D eigenvalue weighted by Crippen LogP contribution is 2.36. The van der Waals surface area contributed by atoms with E-state index < -0.39 is 20.3 Å². The van der Waals surface area contributed by atoms with Crippen LogP contribution in [0.25, 0.3) is 21.8 Å².